The van der Waals surface area contributed by atoms with E-state index in [0.29, 0.717) is 13.0 Å². The van der Waals surface area contributed by atoms with Gasteiger partial charge in [-0.25, -0.2) is 0 Å². The molecule has 3 rings (SSSR count). The SMILES string of the molecule is CC1(COc2ccccc2)CCC1(O)Cc1ccccc1. The Morgan fingerprint density at radius 2 is 1.57 bits per heavy atom. The molecule has 0 heterocycles. The molecule has 2 heteroatoms. The predicted octanol–water partition coefficient (Wildman–Crippen LogP) is 3.84. The van der Waals surface area contributed by atoms with Gasteiger partial charge in [0, 0.05) is 11.8 Å². The largest absolute Gasteiger partial charge is 0.493 e. The second kappa shape index (κ2) is 5.53. The van der Waals surface area contributed by atoms with Crippen molar-refractivity contribution in [2.75, 3.05) is 6.61 Å². The molecule has 0 amide bonds. The summed E-state index contributed by atoms with van der Waals surface area (Å²) in [5.41, 5.74) is 0.340. The third kappa shape index (κ3) is 2.81. The summed E-state index contributed by atoms with van der Waals surface area (Å²) in [5, 5.41) is 11.0. The smallest absolute Gasteiger partial charge is 0.119 e. The van der Waals surface area contributed by atoms with Gasteiger partial charge in [-0.1, -0.05) is 55.5 Å². The zero-order valence-corrected chi connectivity index (χ0v) is 12.5. The van der Waals surface area contributed by atoms with Gasteiger partial charge in [-0.3, -0.25) is 0 Å². The van der Waals surface area contributed by atoms with Crippen LogP contribution in [0.2, 0.25) is 0 Å². The summed E-state index contributed by atoms with van der Waals surface area (Å²) in [6.45, 7) is 2.68. The van der Waals surface area contributed by atoms with Gasteiger partial charge < -0.3 is 9.84 Å². The lowest BCUT2D eigenvalue weighted by Gasteiger charge is -2.54. The first-order valence-corrected chi connectivity index (χ1v) is 7.56. The number of rotatable bonds is 5. The monoisotopic (exact) mass is 282 g/mol. The molecule has 2 nitrogen and oxygen atoms in total. The Morgan fingerprint density at radius 3 is 2.14 bits per heavy atom. The second-order valence-electron chi connectivity index (χ2n) is 6.36. The zero-order valence-electron chi connectivity index (χ0n) is 12.5. The molecule has 110 valence electrons. The van der Waals surface area contributed by atoms with Crippen LogP contribution >= 0.6 is 0 Å². The number of hydrogen-bond donors (Lipinski definition) is 1. The van der Waals surface area contributed by atoms with Crippen molar-refractivity contribution in [1.29, 1.82) is 0 Å². The normalized spacial score (nSPS) is 27.9. The van der Waals surface area contributed by atoms with Gasteiger partial charge in [0.15, 0.2) is 0 Å². The van der Waals surface area contributed by atoms with Crippen LogP contribution in [0, 0.1) is 5.41 Å². The minimum absolute atomic E-state index is 0.182. The van der Waals surface area contributed by atoms with Crippen LogP contribution < -0.4 is 4.74 Å². The van der Waals surface area contributed by atoms with E-state index in [0.717, 1.165) is 18.6 Å². The molecule has 0 saturated heterocycles. The molecule has 0 radical (unpaired) electrons. The maximum atomic E-state index is 11.0. The summed E-state index contributed by atoms with van der Waals surface area (Å²) in [5.74, 6) is 0.868. The lowest BCUT2D eigenvalue weighted by atomic mass is 9.56. The van der Waals surface area contributed by atoms with E-state index >= 15 is 0 Å². The first-order valence-electron chi connectivity index (χ1n) is 7.56. The number of benzene rings is 2. The fourth-order valence-electron chi connectivity index (χ4n) is 3.04. The van der Waals surface area contributed by atoms with Crippen molar-refractivity contribution in [2.24, 2.45) is 5.41 Å². The maximum absolute atomic E-state index is 11.0. The Labute approximate surface area is 126 Å². The molecule has 1 N–H and O–H groups in total. The highest BCUT2D eigenvalue weighted by Crippen LogP contribution is 2.51. The van der Waals surface area contributed by atoms with Crippen molar-refractivity contribution in [3.63, 3.8) is 0 Å². The fraction of sp³-hybridized carbons (Fsp3) is 0.368. The Bertz CT molecular complexity index is 581. The van der Waals surface area contributed by atoms with Crippen LogP contribution in [0.15, 0.2) is 60.7 Å². The van der Waals surface area contributed by atoms with E-state index in [2.05, 4.69) is 19.1 Å². The highest BCUT2D eigenvalue weighted by molar-refractivity contribution is 5.23. The van der Waals surface area contributed by atoms with Crippen LogP contribution in [-0.2, 0) is 6.42 Å². The summed E-state index contributed by atoms with van der Waals surface area (Å²) in [6.07, 6.45) is 2.54. The van der Waals surface area contributed by atoms with E-state index in [1.54, 1.807) is 0 Å². The van der Waals surface area contributed by atoms with Gasteiger partial charge in [0.1, 0.15) is 5.75 Å². The van der Waals surface area contributed by atoms with Gasteiger partial charge in [0.05, 0.1) is 12.2 Å². The predicted molar refractivity (Wildman–Crippen MR) is 84.4 cm³/mol. The lowest BCUT2D eigenvalue weighted by Crippen LogP contribution is -2.59. The molecule has 0 aliphatic heterocycles. The van der Waals surface area contributed by atoms with Gasteiger partial charge in [-0.2, -0.15) is 0 Å². The van der Waals surface area contributed by atoms with Crippen LogP contribution in [0.1, 0.15) is 25.3 Å². The van der Waals surface area contributed by atoms with Gasteiger partial charge in [-0.05, 0) is 30.5 Å². The molecule has 1 saturated carbocycles. The molecule has 0 aromatic heterocycles. The Hall–Kier alpha value is -1.80. The minimum atomic E-state index is -0.664. The van der Waals surface area contributed by atoms with Crippen LogP contribution in [0.5, 0.6) is 5.75 Å². The van der Waals surface area contributed by atoms with Crippen molar-refractivity contribution in [3.8, 4) is 5.75 Å². The molecule has 1 fully saturated rings. The van der Waals surface area contributed by atoms with Crippen LogP contribution in [0.4, 0.5) is 0 Å². The van der Waals surface area contributed by atoms with Gasteiger partial charge in [0.2, 0.25) is 0 Å². The third-order valence-corrected chi connectivity index (χ3v) is 4.85. The van der Waals surface area contributed by atoms with Crippen molar-refractivity contribution < 1.29 is 9.84 Å². The van der Waals surface area contributed by atoms with Crippen LogP contribution in [0.25, 0.3) is 0 Å². The highest BCUT2D eigenvalue weighted by Gasteiger charge is 2.55. The zero-order chi connectivity index (χ0) is 14.8. The highest BCUT2D eigenvalue weighted by atomic mass is 16.5. The molecular weight excluding hydrogens is 260 g/mol. The van der Waals surface area contributed by atoms with Crippen molar-refractivity contribution >= 4 is 0 Å². The van der Waals surface area contributed by atoms with Crippen molar-refractivity contribution in [1.82, 2.24) is 0 Å². The van der Waals surface area contributed by atoms with Crippen LogP contribution in [-0.4, -0.2) is 17.3 Å². The van der Waals surface area contributed by atoms with E-state index < -0.39 is 5.60 Å². The molecule has 2 unspecified atom stereocenters. The summed E-state index contributed by atoms with van der Waals surface area (Å²) in [7, 11) is 0. The van der Waals surface area contributed by atoms with E-state index in [9.17, 15) is 5.11 Å². The van der Waals surface area contributed by atoms with Gasteiger partial charge >= 0.3 is 0 Å². The molecule has 2 atom stereocenters. The molecule has 2 aromatic rings. The lowest BCUT2D eigenvalue weighted by molar-refractivity contribution is -0.171. The Kier molecular flexibility index (Phi) is 3.73. The summed E-state index contributed by atoms with van der Waals surface area (Å²) < 4.78 is 5.89. The van der Waals surface area contributed by atoms with Crippen LogP contribution in [0.3, 0.4) is 0 Å². The third-order valence-electron chi connectivity index (χ3n) is 4.85. The van der Waals surface area contributed by atoms with Gasteiger partial charge in [0.25, 0.3) is 0 Å². The second-order valence-corrected chi connectivity index (χ2v) is 6.36. The fourth-order valence-corrected chi connectivity index (χ4v) is 3.04. The number of para-hydroxylation sites is 1. The number of hydrogen-bond acceptors (Lipinski definition) is 2. The quantitative estimate of drug-likeness (QED) is 0.903. The molecule has 0 bridgehead atoms. The molecule has 1 aliphatic carbocycles. The maximum Gasteiger partial charge on any atom is 0.119 e. The molecule has 0 spiro atoms. The number of aliphatic hydroxyl groups is 1. The Balaban J connectivity index is 1.66. The topological polar surface area (TPSA) is 29.5 Å². The van der Waals surface area contributed by atoms with E-state index in [4.69, 9.17) is 4.74 Å². The van der Waals surface area contributed by atoms with Crippen molar-refractivity contribution in [3.05, 3.63) is 66.2 Å². The molecule has 21 heavy (non-hydrogen) atoms. The molecule has 2 aromatic carbocycles. The van der Waals surface area contributed by atoms with Gasteiger partial charge in [-0.15, -0.1) is 0 Å². The average molecular weight is 282 g/mol. The average Bonchev–Trinajstić information content (AvgIpc) is 2.53. The summed E-state index contributed by atoms with van der Waals surface area (Å²) in [4.78, 5) is 0. The summed E-state index contributed by atoms with van der Waals surface area (Å²) in [6, 6.07) is 20.0. The Morgan fingerprint density at radius 1 is 0.952 bits per heavy atom. The number of ether oxygens (including phenoxy) is 1. The van der Waals surface area contributed by atoms with E-state index in [-0.39, 0.29) is 5.41 Å². The van der Waals surface area contributed by atoms with E-state index in [1.165, 1.54) is 5.56 Å². The van der Waals surface area contributed by atoms with Crippen molar-refractivity contribution in [2.45, 2.75) is 31.8 Å². The molecular formula is C19H22O2. The summed E-state index contributed by atoms with van der Waals surface area (Å²) >= 11 is 0. The standard InChI is InChI=1S/C19H22O2/c1-18(15-21-17-10-6-3-7-11-17)12-13-19(18,20)14-16-8-4-2-5-9-16/h2-11,20H,12-15H2,1H3. The minimum Gasteiger partial charge on any atom is -0.493 e. The first-order chi connectivity index (χ1) is 10.1. The molecule has 1 aliphatic rings. The van der Waals surface area contributed by atoms with E-state index in [1.807, 2.05) is 48.5 Å². The first kappa shape index (κ1) is 14.2.